The highest BCUT2D eigenvalue weighted by Gasteiger charge is 2.19. The number of esters is 3. The highest BCUT2D eigenvalue weighted by atomic mass is 16.6. The maximum absolute atomic E-state index is 12.8. The monoisotopic (exact) mass is 833 g/mol. The lowest BCUT2D eigenvalue weighted by Gasteiger charge is -2.18. The average Bonchev–Trinajstić information content (AvgIpc) is 3.23. The molecule has 0 heterocycles. The van der Waals surface area contributed by atoms with Crippen LogP contribution in [0.3, 0.4) is 0 Å². The van der Waals surface area contributed by atoms with Crippen LogP contribution in [-0.4, -0.2) is 37.2 Å². The quantitative estimate of drug-likeness (QED) is 0.0263. The third-order valence-electron chi connectivity index (χ3n) is 11.8. The summed E-state index contributed by atoms with van der Waals surface area (Å²) in [6, 6.07) is 0. The van der Waals surface area contributed by atoms with Crippen molar-refractivity contribution in [3.05, 3.63) is 12.2 Å². The number of carbonyl (C=O) groups is 3. The SMILES string of the molecule is CCCCCCCC/C=C\CCCCCC(=O)OCC(COC(=O)CCCCCCCCCCCCCCCC)OC(=O)CCCCCCCCCCCCCCCC. The zero-order valence-electron chi connectivity index (χ0n) is 39.8. The van der Waals surface area contributed by atoms with Crippen LogP contribution >= 0.6 is 0 Å². The molecule has 0 saturated carbocycles. The number of unbranched alkanes of at least 4 members (excludes halogenated alkanes) is 35. The van der Waals surface area contributed by atoms with E-state index in [0.717, 1.165) is 64.2 Å². The summed E-state index contributed by atoms with van der Waals surface area (Å²) in [7, 11) is 0. The second kappa shape index (κ2) is 48.8. The smallest absolute Gasteiger partial charge is 0.306 e. The Balaban J connectivity index is 4.34. The molecule has 0 bridgehead atoms. The van der Waals surface area contributed by atoms with Gasteiger partial charge < -0.3 is 14.2 Å². The van der Waals surface area contributed by atoms with E-state index in [2.05, 4.69) is 32.9 Å². The van der Waals surface area contributed by atoms with Crippen LogP contribution in [0.4, 0.5) is 0 Å². The molecule has 0 aromatic heterocycles. The van der Waals surface area contributed by atoms with Crippen LogP contribution in [0.1, 0.15) is 290 Å². The molecule has 0 aliphatic carbocycles. The molecule has 0 fully saturated rings. The van der Waals surface area contributed by atoms with Crippen molar-refractivity contribution >= 4 is 17.9 Å². The van der Waals surface area contributed by atoms with Crippen molar-refractivity contribution in [3.8, 4) is 0 Å². The molecule has 0 aromatic carbocycles. The molecule has 0 N–H and O–H groups in total. The summed E-state index contributed by atoms with van der Waals surface area (Å²) in [5.41, 5.74) is 0. The molecule has 0 aliphatic heterocycles. The van der Waals surface area contributed by atoms with E-state index in [9.17, 15) is 14.4 Å². The van der Waals surface area contributed by atoms with Gasteiger partial charge >= 0.3 is 17.9 Å². The fourth-order valence-corrected chi connectivity index (χ4v) is 7.79. The number of rotatable bonds is 48. The summed E-state index contributed by atoms with van der Waals surface area (Å²) in [6.07, 6.45) is 53.3. The Labute approximate surface area is 367 Å². The highest BCUT2D eigenvalue weighted by Crippen LogP contribution is 2.16. The number of hydrogen-bond donors (Lipinski definition) is 0. The lowest BCUT2D eigenvalue weighted by molar-refractivity contribution is -0.167. The van der Waals surface area contributed by atoms with Crippen molar-refractivity contribution in [2.24, 2.45) is 0 Å². The second-order valence-corrected chi connectivity index (χ2v) is 17.8. The van der Waals surface area contributed by atoms with Gasteiger partial charge in [0.2, 0.25) is 0 Å². The molecule has 0 radical (unpaired) electrons. The van der Waals surface area contributed by atoms with Crippen molar-refractivity contribution in [2.75, 3.05) is 13.2 Å². The topological polar surface area (TPSA) is 78.9 Å². The van der Waals surface area contributed by atoms with E-state index in [1.165, 1.54) is 186 Å². The lowest BCUT2D eigenvalue weighted by atomic mass is 10.0. The molecule has 0 spiro atoms. The number of allylic oxidation sites excluding steroid dienone is 2. The van der Waals surface area contributed by atoms with Gasteiger partial charge in [-0.05, 0) is 44.9 Å². The Bertz CT molecular complexity index is 916. The van der Waals surface area contributed by atoms with E-state index in [1.54, 1.807) is 0 Å². The minimum atomic E-state index is -0.768. The van der Waals surface area contributed by atoms with Gasteiger partial charge in [0, 0.05) is 19.3 Å². The molecular formula is C53H100O6. The lowest BCUT2D eigenvalue weighted by Crippen LogP contribution is -2.30. The fourth-order valence-electron chi connectivity index (χ4n) is 7.79. The average molecular weight is 833 g/mol. The molecule has 0 saturated heterocycles. The number of ether oxygens (including phenoxy) is 3. The van der Waals surface area contributed by atoms with Gasteiger partial charge in [-0.15, -0.1) is 0 Å². The van der Waals surface area contributed by atoms with Crippen molar-refractivity contribution in [3.63, 3.8) is 0 Å². The third-order valence-corrected chi connectivity index (χ3v) is 11.8. The predicted octanol–water partition coefficient (Wildman–Crippen LogP) is 17.0. The van der Waals surface area contributed by atoms with Crippen LogP contribution in [0.25, 0.3) is 0 Å². The summed E-state index contributed by atoms with van der Waals surface area (Å²) in [5, 5.41) is 0. The molecule has 59 heavy (non-hydrogen) atoms. The molecule has 0 amide bonds. The first kappa shape index (κ1) is 57.1. The van der Waals surface area contributed by atoms with Gasteiger partial charge in [-0.1, -0.05) is 238 Å². The first-order chi connectivity index (χ1) is 29.0. The predicted molar refractivity (Wildman–Crippen MR) is 252 cm³/mol. The summed E-state index contributed by atoms with van der Waals surface area (Å²) in [6.45, 7) is 6.65. The normalized spacial score (nSPS) is 12.0. The van der Waals surface area contributed by atoms with Crippen LogP contribution in [0.5, 0.6) is 0 Å². The van der Waals surface area contributed by atoms with Gasteiger partial charge in [-0.25, -0.2) is 0 Å². The summed E-state index contributed by atoms with van der Waals surface area (Å²) < 4.78 is 16.8. The van der Waals surface area contributed by atoms with E-state index in [1.807, 2.05) is 0 Å². The Morgan fingerprint density at radius 2 is 0.559 bits per heavy atom. The van der Waals surface area contributed by atoms with Crippen molar-refractivity contribution in [2.45, 2.75) is 297 Å². The van der Waals surface area contributed by atoms with Crippen LogP contribution in [-0.2, 0) is 28.6 Å². The van der Waals surface area contributed by atoms with Gasteiger partial charge in [0.25, 0.3) is 0 Å². The Morgan fingerprint density at radius 3 is 0.864 bits per heavy atom. The summed E-state index contributed by atoms with van der Waals surface area (Å²) >= 11 is 0. The molecule has 0 rings (SSSR count). The van der Waals surface area contributed by atoms with E-state index >= 15 is 0 Å². The van der Waals surface area contributed by atoms with Crippen LogP contribution in [0, 0.1) is 0 Å². The Morgan fingerprint density at radius 1 is 0.322 bits per heavy atom. The Hall–Kier alpha value is -1.85. The van der Waals surface area contributed by atoms with E-state index in [4.69, 9.17) is 14.2 Å². The molecule has 1 atom stereocenters. The molecule has 0 aromatic rings. The van der Waals surface area contributed by atoms with E-state index < -0.39 is 6.10 Å². The van der Waals surface area contributed by atoms with Crippen LogP contribution < -0.4 is 0 Å². The first-order valence-electron chi connectivity index (χ1n) is 26.2. The molecule has 1 unspecified atom stereocenters. The van der Waals surface area contributed by atoms with Crippen molar-refractivity contribution in [1.29, 1.82) is 0 Å². The summed E-state index contributed by atoms with van der Waals surface area (Å²) in [4.78, 5) is 37.9. The Kier molecular flexibility index (Phi) is 47.3. The maximum Gasteiger partial charge on any atom is 0.306 e. The zero-order chi connectivity index (χ0) is 43.0. The maximum atomic E-state index is 12.8. The van der Waals surface area contributed by atoms with Crippen molar-refractivity contribution < 1.29 is 28.6 Å². The van der Waals surface area contributed by atoms with Gasteiger partial charge in [0.05, 0.1) is 0 Å². The number of carbonyl (C=O) groups excluding carboxylic acids is 3. The minimum Gasteiger partial charge on any atom is -0.462 e. The van der Waals surface area contributed by atoms with E-state index in [-0.39, 0.29) is 31.1 Å². The molecule has 6 nitrogen and oxygen atoms in total. The molecule has 6 heteroatoms. The van der Waals surface area contributed by atoms with Crippen LogP contribution in [0.2, 0.25) is 0 Å². The standard InChI is InChI=1S/C53H100O6/c1-4-7-10-13-16-19-22-25-28-31-34-37-40-43-46-52(55)58-49-50(48-57-51(54)45-42-39-36-33-30-27-24-21-18-15-12-9-6-3)59-53(56)47-44-41-38-35-32-29-26-23-20-17-14-11-8-5-2/h27,30,50H,4-26,28-29,31-49H2,1-3H3/b30-27-. The second-order valence-electron chi connectivity index (χ2n) is 17.8. The van der Waals surface area contributed by atoms with Gasteiger partial charge in [-0.3, -0.25) is 14.4 Å². The highest BCUT2D eigenvalue weighted by molar-refractivity contribution is 5.71. The van der Waals surface area contributed by atoms with Gasteiger partial charge in [0.1, 0.15) is 13.2 Å². The number of hydrogen-bond acceptors (Lipinski definition) is 6. The zero-order valence-corrected chi connectivity index (χ0v) is 39.8. The fraction of sp³-hybridized carbons (Fsp3) is 0.906. The van der Waals surface area contributed by atoms with Gasteiger partial charge in [-0.2, -0.15) is 0 Å². The third kappa shape index (κ3) is 47.1. The van der Waals surface area contributed by atoms with Crippen LogP contribution in [0.15, 0.2) is 12.2 Å². The first-order valence-corrected chi connectivity index (χ1v) is 26.2. The summed E-state index contributed by atoms with van der Waals surface area (Å²) in [5.74, 6) is -0.868. The van der Waals surface area contributed by atoms with Gasteiger partial charge in [0.15, 0.2) is 6.10 Å². The van der Waals surface area contributed by atoms with E-state index in [0.29, 0.717) is 19.3 Å². The molecule has 0 aliphatic rings. The molecule has 348 valence electrons. The minimum absolute atomic E-state index is 0.0692. The molecular weight excluding hydrogens is 733 g/mol. The van der Waals surface area contributed by atoms with Crippen molar-refractivity contribution in [1.82, 2.24) is 0 Å². The largest absolute Gasteiger partial charge is 0.462 e.